The van der Waals surface area contributed by atoms with E-state index >= 15 is 0 Å². The van der Waals surface area contributed by atoms with Crippen LogP contribution in [0.15, 0.2) is 48.8 Å². The van der Waals surface area contributed by atoms with Gasteiger partial charge >= 0.3 is 0 Å². The number of benzene rings is 1. The Kier molecular flexibility index (Phi) is 4.68. The SMILES string of the molecule is CC(O)CNC(=O)/C=C/c1cnn(-c2ccccc2)c1. The highest BCUT2D eigenvalue weighted by Gasteiger charge is 2.00. The summed E-state index contributed by atoms with van der Waals surface area (Å²) in [6.07, 6.45) is 6.09. The van der Waals surface area contributed by atoms with Crippen molar-refractivity contribution >= 4 is 12.0 Å². The van der Waals surface area contributed by atoms with Gasteiger partial charge in [-0.1, -0.05) is 18.2 Å². The van der Waals surface area contributed by atoms with E-state index in [0.29, 0.717) is 0 Å². The zero-order chi connectivity index (χ0) is 14.4. The second-order valence-electron chi connectivity index (χ2n) is 4.48. The van der Waals surface area contributed by atoms with E-state index < -0.39 is 6.10 Å². The molecular weight excluding hydrogens is 254 g/mol. The van der Waals surface area contributed by atoms with Crippen molar-refractivity contribution in [3.8, 4) is 5.69 Å². The van der Waals surface area contributed by atoms with Crippen molar-refractivity contribution < 1.29 is 9.90 Å². The quantitative estimate of drug-likeness (QED) is 0.807. The predicted octanol–water partition coefficient (Wildman–Crippen LogP) is 1.38. The highest BCUT2D eigenvalue weighted by Crippen LogP contribution is 2.08. The van der Waals surface area contributed by atoms with Crippen LogP contribution in [0.3, 0.4) is 0 Å². The molecule has 20 heavy (non-hydrogen) atoms. The van der Waals surface area contributed by atoms with Crippen LogP contribution in [0.1, 0.15) is 12.5 Å². The summed E-state index contributed by atoms with van der Waals surface area (Å²) in [6.45, 7) is 1.86. The first-order chi connectivity index (χ1) is 9.65. The largest absolute Gasteiger partial charge is 0.392 e. The van der Waals surface area contributed by atoms with Gasteiger partial charge in [0.15, 0.2) is 0 Å². The first-order valence-corrected chi connectivity index (χ1v) is 6.39. The molecule has 0 bridgehead atoms. The molecule has 1 heterocycles. The molecule has 0 saturated carbocycles. The summed E-state index contributed by atoms with van der Waals surface area (Å²) in [5, 5.41) is 15.9. The highest BCUT2D eigenvalue weighted by molar-refractivity contribution is 5.91. The molecule has 0 aliphatic heterocycles. The molecule has 2 aromatic rings. The number of nitrogens with one attached hydrogen (secondary N) is 1. The van der Waals surface area contributed by atoms with Crippen LogP contribution in [-0.2, 0) is 4.79 Å². The van der Waals surface area contributed by atoms with E-state index in [2.05, 4.69) is 10.4 Å². The number of aliphatic hydroxyl groups is 1. The Morgan fingerprint density at radius 1 is 1.45 bits per heavy atom. The number of amides is 1. The molecule has 1 unspecified atom stereocenters. The fourth-order valence-corrected chi connectivity index (χ4v) is 1.62. The fourth-order valence-electron chi connectivity index (χ4n) is 1.62. The number of hydrogen-bond donors (Lipinski definition) is 2. The Balaban J connectivity index is 1.98. The van der Waals surface area contributed by atoms with Gasteiger partial charge in [-0.3, -0.25) is 4.79 Å². The van der Waals surface area contributed by atoms with Gasteiger partial charge in [0.2, 0.25) is 5.91 Å². The van der Waals surface area contributed by atoms with Crippen LogP contribution in [0.4, 0.5) is 0 Å². The lowest BCUT2D eigenvalue weighted by Crippen LogP contribution is -2.28. The van der Waals surface area contributed by atoms with Crippen LogP contribution in [0.2, 0.25) is 0 Å². The minimum Gasteiger partial charge on any atom is -0.392 e. The van der Waals surface area contributed by atoms with Crippen LogP contribution in [0, 0.1) is 0 Å². The van der Waals surface area contributed by atoms with Crippen molar-refractivity contribution in [2.45, 2.75) is 13.0 Å². The number of nitrogens with zero attached hydrogens (tertiary/aromatic N) is 2. The Morgan fingerprint density at radius 3 is 2.90 bits per heavy atom. The third-order valence-electron chi connectivity index (χ3n) is 2.62. The zero-order valence-corrected chi connectivity index (χ0v) is 11.2. The van der Waals surface area contributed by atoms with Crippen molar-refractivity contribution in [3.05, 3.63) is 54.4 Å². The number of carbonyl (C=O) groups excluding carboxylic acids is 1. The highest BCUT2D eigenvalue weighted by atomic mass is 16.3. The topological polar surface area (TPSA) is 67.2 Å². The molecule has 0 spiro atoms. The van der Waals surface area contributed by atoms with E-state index in [-0.39, 0.29) is 12.5 Å². The maximum atomic E-state index is 11.5. The fraction of sp³-hybridized carbons (Fsp3) is 0.200. The third kappa shape index (κ3) is 4.07. The summed E-state index contributed by atoms with van der Waals surface area (Å²) in [7, 11) is 0. The van der Waals surface area contributed by atoms with Gasteiger partial charge in [0, 0.05) is 24.4 Å². The number of carbonyl (C=O) groups is 1. The molecule has 5 nitrogen and oxygen atoms in total. The molecule has 1 amide bonds. The monoisotopic (exact) mass is 271 g/mol. The van der Waals surface area contributed by atoms with E-state index in [9.17, 15) is 4.79 Å². The minimum absolute atomic E-state index is 0.238. The molecule has 0 aliphatic carbocycles. The van der Waals surface area contributed by atoms with Crippen molar-refractivity contribution in [3.63, 3.8) is 0 Å². The molecule has 1 atom stereocenters. The Hall–Kier alpha value is -2.40. The molecule has 2 rings (SSSR count). The van der Waals surface area contributed by atoms with Crippen LogP contribution >= 0.6 is 0 Å². The van der Waals surface area contributed by atoms with Crippen LogP contribution < -0.4 is 5.32 Å². The van der Waals surface area contributed by atoms with E-state index in [1.54, 1.807) is 23.9 Å². The second kappa shape index (κ2) is 6.68. The van der Waals surface area contributed by atoms with Crippen molar-refractivity contribution in [1.29, 1.82) is 0 Å². The molecule has 0 aliphatic rings. The Morgan fingerprint density at radius 2 is 2.20 bits per heavy atom. The summed E-state index contributed by atoms with van der Waals surface area (Å²) < 4.78 is 1.74. The summed E-state index contributed by atoms with van der Waals surface area (Å²) in [5.74, 6) is -0.238. The van der Waals surface area contributed by atoms with Gasteiger partial charge in [0.1, 0.15) is 0 Å². The molecule has 5 heteroatoms. The van der Waals surface area contributed by atoms with E-state index in [1.165, 1.54) is 6.08 Å². The first-order valence-electron chi connectivity index (χ1n) is 6.39. The molecule has 2 N–H and O–H groups in total. The third-order valence-corrected chi connectivity index (χ3v) is 2.62. The second-order valence-corrected chi connectivity index (χ2v) is 4.48. The van der Waals surface area contributed by atoms with Gasteiger partial charge in [-0.15, -0.1) is 0 Å². The number of aromatic nitrogens is 2. The normalized spacial score (nSPS) is 12.5. The standard InChI is InChI=1S/C15H17N3O2/c1-12(19)9-16-15(20)8-7-13-10-17-18(11-13)14-5-3-2-4-6-14/h2-8,10-12,19H,9H2,1H3,(H,16,20)/b8-7+. The molecular formula is C15H17N3O2. The first kappa shape index (κ1) is 14.0. The smallest absolute Gasteiger partial charge is 0.244 e. The van der Waals surface area contributed by atoms with Gasteiger partial charge in [0.25, 0.3) is 0 Å². The maximum absolute atomic E-state index is 11.5. The minimum atomic E-state index is -0.548. The van der Waals surface area contributed by atoms with Crippen LogP contribution in [0.5, 0.6) is 0 Å². The number of para-hydroxylation sites is 1. The number of hydrogen-bond acceptors (Lipinski definition) is 3. The lowest BCUT2D eigenvalue weighted by atomic mass is 10.3. The van der Waals surface area contributed by atoms with Crippen LogP contribution in [0.25, 0.3) is 11.8 Å². The van der Waals surface area contributed by atoms with Gasteiger partial charge < -0.3 is 10.4 Å². The lowest BCUT2D eigenvalue weighted by molar-refractivity contribution is -0.116. The lowest BCUT2D eigenvalue weighted by Gasteiger charge is -2.03. The molecule has 104 valence electrons. The summed E-state index contributed by atoms with van der Waals surface area (Å²) in [6, 6.07) is 9.73. The molecule has 0 radical (unpaired) electrons. The number of rotatable bonds is 5. The van der Waals surface area contributed by atoms with Gasteiger partial charge in [-0.25, -0.2) is 4.68 Å². The van der Waals surface area contributed by atoms with Crippen molar-refractivity contribution in [2.24, 2.45) is 0 Å². The Labute approximate surface area is 117 Å². The van der Waals surface area contributed by atoms with E-state index in [1.807, 2.05) is 36.5 Å². The van der Waals surface area contributed by atoms with Crippen molar-refractivity contribution in [2.75, 3.05) is 6.54 Å². The average Bonchev–Trinajstić information content (AvgIpc) is 2.93. The van der Waals surface area contributed by atoms with E-state index in [0.717, 1.165) is 11.3 Å². The summed E-state index contributed by atoms with van der Waals surface area (Å²) in [5.41, 5.74) is 1.80. The van der Waals surface area contributed by atoms with Crippen LogP contribution in [-0.4, -0.2) is 33.4 Å². The van der Waals surface area contributed by atoms with Gasteiger partial charge in [0.05, 0.1) is 18.0 Å². The van der Waals surface area contributed by atoms with E-state index in [4.69, 9.17) is 5.11 Å². The van der Waals surface area contributed by atoms with Gasteiger partial charge in [-0.05, 0) is 25.1 Å². The molecule has 0 fully saturated rings. The maximum Gasteiger partial charge on any atom is 0.244 e. The number of aliphatic hydroxyl groups excluding tert-OH is 1. The molecule has 0 saturated heterocycles. The summed E-state index contributed by atoms with van der Waals surface area (Å²) in [4.78, 5) is 11.5. The Bertz CT molecular complexity index is 588. The van der Waals surface area contributed by atoms with Gasteiger partial charge in [-0.2, -0.15) is 5.10 Å². The summed E-state index contributed by atoms with van der Waals surface area (Å²) >= 11 is 0. The average molecular weight is 271 g/mol. The predicted molar refractivity (Wildman–Crippen MR) is 77.3 cm³/mol. The molecule has 1 aromatic carbocycles. The zero-order valence-electron chi connectivity index (χ0n) is 11.2. The van der Waals surface area contributed by atoms with Crippen molar-refractivity contribution in [1.82, 2.24) is 15.1 Å². The molecule has 1 aromatic heterocycles.